The molecule has 2 rings (SSSR count). The third-order valence-electron chi connectivity index (χ3n) is 3.48. The van der Waals surface area contributed by atoms with E-state index in [0.29, 0.717) is 6.04 Å². The lowest BCUT2D eigenvalue weighted by Gasteiger charge is -2.37. The summed E-state index contributed by atoms with van der Waals surface area (Å²) in [5.74, 6) is 0. The summed E-state index contributed by atoms with van der Waals surface area (Å²) < 4.78 is 0. The molecule has 0 saturated carbocycles. The summed E-state index contributed by atoms with van der Waals surface area (Å²) in [6.07, 6.45) is 1.96. The Kier molecular flexibility index (Phi) is 4.24. The second-order valence-corrected chi connectivity index (χ2v) is 6.27. The van der Waals surface area contributed by atoms with Crippen LogP contribution >= 0.6 is 11.3 Å². The molecule has 6 nitrogen and oxygen atoms in total. The van der Waals surface area contributed by atoms with Gasteiger partial charge in [0.05, 0.1) is 0 Å². The number of aromatic nitrogens is 2. The van der Waals surface area contributed by atoms with Gasteiger partial charge in [-0.2, -0.15) is 0 Å². The van der Waals surface area contributed by atoms with Crippen LogP contribution in [0.1, 0.15) is 17.8 Å². The van der Waals surface area contributed by atoms with Gasteiger partial charge in [-0.3, -0.25) is 0 Å². The molecule has 2 amide bonds. The fourth-order valence-corrected chi connectivity index (χ4v) is 3.07. The number of amides is 2. The molecule has 7 heteroatoms. The minimum atomic E-state index is 0.0743. The van der Waals surface area contributed by atoms with Gasteiger partial charge in [-0.15, -0.1) is 10.2 Å². The first-order chi connectivity index (χ1) is 8.99. The van der Waals surface area contributed by atoms with Crippen LogP contribution in [0.15, 0.2) is 0 Å². The smallest absolute Gasteiger partial charge is 0.319 e. The van der Waals surface area contributed by atoms with Crippen LogP contribution in [-0.2, 0) is 0 Å². The van der Waals surface area contributed by atoms with Crippen molar-refractivity contribution in [3.63, 3.8) is 0 Å². The average Bonchev–Trinajstić information content (AvgIpc) is 2.84. The molecule has 0 spiro atoms. The van der Waals surface area contributed by atoms with E-state index in [1.165, 1.54) is 0 Å². The summed E-state index contributed by atoms with van der Waals surface area (Å²) in [7, 11) is 5.47. The topological polar surface area (TPSA) is 52.6 Å². The molecule has 106 valence electrons. The lowest BCUT2D eigenvalue weighted by atomic mass is 10.0. The number of nitrogens with zero attached hydrogens (tertiary/aromatic N) is 5. The number of urea groups is 1. The summed E-state index contributed by atoms with van der Waals surface area (Å²) >= 11 is 1.63. The van der Waals surface area contributed by atoms with E-state index in [-0.39, 0.29) is 6.03 Å². The maximum absolute atomic E-state index is 11.9. The Bertz CT molecular complexity index is 439. The zero-order chi connectivity index (χ0) is 14.0. The number of hydrogen-bond acceptors (Lipinski definition) is 5. The van der Waals surface area contributed by atoms with Gasteiger partial charge in [0.2, 0.25) is 5.13 Å². The molecule has 0 aliphatic carbocycles. The maximum atomic E-state index is 11.9. The lowest BCUT2D eigenvalue weighted by molar-refractivity contribution is 0.155. The molecule has 0 N–H and O–H groups in total. The van der Waals surface area contributed by atoms with Crippen molar-refractivity contribution >= 4 is 22.5 Å². The summed E-state index contributed by atoms with van der Waals surface area (Å²) in [6.45, 7) is 3.84. The average molecular weight is 283 g/mol. The van der Waals surface area contributed by atoms with Crippen LogP contribution in [0.4, 0.5) is 9.93 Å². The molecular formula is C12H21N5OS. The van der Waals surface area contributed by atoms with E-state index in [9.17, 15) is 4.79 Å². The molecule has 1 aromatic rings. The van der Waals surface area contributed by atoms with Crippen molar-refractivity contribution in [1.29, 1.82) is 0 Å². The summed E-state index contributed by atoms with van der Waals surface area (Å²) in [4.78, 5) is 17.6. The minimum Gasteiger partial charge on any atom is -0.347 e. The highest BCUT2D eigenvalue weighted by Crippen LogP contribution is 2.25. The van der Waals surface area contributed by atoms with E-state index in [0.717, 1.165) is 36.1 Å². The number of rotatable bonds is 2. The molecule has 19 heavy (non-hydrogen) atoms. The van der Waals surface area contributed by atoms with E-state index < -0.39 is 0 Å². The van der Waals surface area contributed by atoms with Gasteiger partial charge in [0.15, 0.2) is 0 Å². The molecule has 1 aromatic heterocycles. The lowest BCUT2D eigenvalue weighted by Crippen LogP contribution is -2.48. The van der Waals surface area contributed by atoms with Crippen LogP contribution in [0.3, 0.4) is 0 Å². The predicted molar refractivity (Wildman–Crippen MR) is 76.7 cm³/mol. The zero-order valence-corrected chi connectivity index (χ0v) is 12.8. The highest BCUT2D eigenvalue weighted by Gasteiger charge is 2.27. The summed E-state index contributed by atoms with van der Waals surface area (Å²) in [6, 6.07) is 0.394. The molecule has 0 radical (unpaired) electrons. The van der Waals surface area contributed by atoms with Crippen molar-refractivity contribution in [2.45, 2.75) is 25.8 Å². The van der Waals surface area contributed by atoms with Crippen molar-refractivity contribution in [1.82, 2.24) is 20.0 Å². The van der Waals surface area contributed by atoms with Gasteiger partial charge in [-0.05, 0) is 19.8 Å². The fourth-order valence-electron chi connectivity index (χ4n) is 2.33. The molecule has 2 heterocycles. The van der Waals surface area contributed by atoms with Gasteiger partial charge in [-0.1, -0.05) is 11.3 Å². The first-order valence-corrected chi connectivity index (χ1v) is 7.30. The molecule has 1 fully saturated rings. The van der Waals surface area contributed by atoms with Crippen molar-refractivity contribution < 1.29 is 4.79 Å². The Morgan fingerprint density at radius 1 is 1.26 bits per heavy atom. The second kappa shape index (κ2) is 5.73. The van der Waals surface area contributed by atoms with Crippen LogP contribution in [0.2, 0.25) is 0 Å². The summed E-state index contributed by atoms with van der Waals surface area (Å²) in [5.41, 5.74) is 0. The van der Waals surface area contributed by atoms with Gasteiger partial charge in [0.25, 0.3) is 0 Å². The Balaban J connectivity index is 1.90. The van der Waals surface area contributed by atoms with Crippen molar-refractivity contribution in [2.75, 3.05) is 39.1 Å². The SMILES string of the molecule is Cc1nnc(N2CCC(N(C)C(=O)N(C)C)CC2)s1. The Morgan fingerprint density at radius 3 is 2.37 bits per heavy atom. The molecule has 1 aliphatic rings. The van der Waals surface area contributed by atoms with Crippen LogP contribution in [0.25, 0.3) is 0 Å². The monoisotopic (exact) mass is 283 g/mol. The first kappa shape index (κ1) is 14.0. The summed E-state index contributed by atoms with van der Waals surface area (Å²) in [5, 5.41) is 10.2. The largest absolute Gasteiger partial charge is 0.347 e. The Labute approximate surface area is 118 Å². The minimum absolute atomic E-state index is 0.0743. The number of carbonyl (C=O) groups excluding carboxylic acids is 1. The number of carbonyl (C=O) groups is 1. The van der Waals surface area contributed by atoms with Gasteiger partial charge in [0.1, 0.15) is 5.01 Å². The van der Waals surface area contributed by atoms with E-state index >= 15 is 0 Å². The van der Waals surface area contributed by atoms with Crippen LogP contribution in [0, 0.1) is 6.92 Å². The quantitative estimate of drug-likeness (QED) is 0.824. The maximum Gasteiger partial charge on any atom is 0.319 e. The number of aryl methyl sites for hydroxylation is 1. The highest BCUT2D eigenvalue weighted by atomic mass is 32.1. The van der Waals surface area contributed by atoms with E-state index in [1.54, 1.807) is 30.3 Å². The van der Waals surface area contributed by atoms with E-state index in [2.05, 4.69) is 15.1 Å². The Morgan fingerprint density at radius 2 is 1.89 bits per heavy atom. The molecule has 0 aromatic carbocycles. The van der Waals surface area contributed by atoms with Crippen LogP contribution in [-0.4, -0.2) is 66.3 Å². The van der Waals surface area contributed by atoms with Gasteiger partial charge in [-0.25, -0.2) is 4.79 Å². The zero-order valence-electron chi connectivity index (χ0n) is 12.0. The standard InChI is InChI=1S/C12H21N5OS/c1-9-13-14-11(19-9)17-7-5-10(6-8-17)16(4)12(18)15(2)3/h10H,5-8H2,1-4H3. The fraction of sp³-hybridized carbons (Fsp3) is 0.750. The van der Waals surface area contributed by atoms with Gasteiger partial charge in [0, 0.05) is 40.3 Å². The Hall–Kier alpha value is -1.37. The van der Waals surface area contributed by atoms with Crippen molar-refractivity contribution in [3.05, 3.63) is 5.01 Å². The molecule has 0 atom stereocenters. The second-order valence-electron chi connectivity index (χ2n) is 5.11. The van der Waals surface area contributed by atoms with E-state index in [4.69, 9.17) is 0 Å². The molecule has 1 saturated heterocycles. The molecule has 0 bridgehead atoms. The third-order valence-corrected chi connectivity index (χ3v) is 4.38. The van der Waals surface area contributed by atoms with Crippen molar-refractivity contribution in [3.8, 4) is 0 Å². The molecule has 1 aliphatic heterocycles. The highest BCUT2D eigenvalue weighted by molar-refractivity contribution is 7.15. The van der Waals surface area contributed by atoms with Crippen molar-refractivity contribution in [2.24, 2.45) is 0 Å². The molecular weight excluding hydrogens is 262 g/mol. The van der Waals surface area contributed by atoms with E-state index in [1.807, 2.05) is 18.9 Å². The number of hydrogen-bond donors (Lipinski definition) is 0. The third kappa shape index (κ3) is 3.15. The van der Waals surface area contributed by atoms with Gasteiger partial charge >= 0.3 is 6.03 Å². The van der Waals surface area contributed by atoms with Crippen LogP contribution < -0.4 is 4.90 Å². The normalized spacial score (nSPS) is 16.5. The molecule has 0 unspecified atom stereocenters. The predicted octanol–water partition coefficient (Wildman–Crippen LogP) is 1.43. The number of anilines is 1. The van der Waals surface area contributed by atoms with Gasteiger partial charge < -0.3 is 14.7 Å². The van der Waals surface area contributed by atoms with Crippen LogP contribution in [0.5, 0.6) is 0 Å². The number of piperidine rings is 1. The first-order valence-electron chi connectivity index (χ1n) is 6.48.